The number of nitrogens with one attached hydrogen (secondary N) is 1. The van der Waals surface area contributed by atoms with E-state index < -0.39 is 12.3 Å². The number of aliphatic hydroxyl groups is 1. The molecular formula is C15H20N8O2. The largest absolute Gasteiger partial charge is 0.394 e. The van der Waals surface area contributed by atoms with Crippen molar-refractivity contribution in [3.63, 3.8) is 0 Å². The lowest BCUT2D eigenvalue weighted by Crippen LogP contribution is -2.18. The maximum Gasteiger partial charge on any atom is 0.167 e. The van der Waals surface area contributed by atoms with Crippen molar-refractivity contribution in [2.24, 2.45) is 5.11 Å². The SMILES string of the molecule is [N-]=[N+]=N[C@H]1C[C@@H](CO)O[C@H]1n1cnc2c(NC3CCCC3)ncnc21. The Balaban J connectivity index is 1.67. The minimum Gasteiger partial charge on any atom is -0.394 e. The van der Waals surface area contributed by atoms with Crippen LogP contribution in [-0.4, -0.2) is 49.4 Å². The molecule has 0 unspecified atom stereocenters. The van der Waals surface area contributed by atoms with Crippen LogP contribution in [0.5, 0.6) is 0 Å². The van der Waals surface area contributed by atoms with Crippen LogP contribution < -0.4 is 5.32 Å². The van der Waals surface area contributed by atoms with Gasteiger partial charge in [-0.1, -0.05) is 18.0 Å². The lowest BCUT2D eigenvalue weighted by atomic mass is 10.2. The van der Waals surface area contributed by atoms with Crippen LogP contribution in [0, 0.1) is 0 Å². The molecule has 3 heterocycles. The molecule has 2 aromatic rings. The van der Waals surface area contributed by atoms with Gasteiger partial charge in [-0.2, -0.15) is 0 Å². The molecule has 1 saturated heterocycles. The number of anilines is 1. The molecule has 132 valence electrons. The second kappa shape index (κ2) is 6.83. The number of imidazole rings is 1. The van der Waals surface area contributed by atoms with Gasteiger partial charge in [-0.15, -0.1) is 0 Å². The van der Waals surface area contributed by atoms with Crippen LogP contribution >= 0.6 is 0 Å². The van der Waals surface area contributed by atoms with Crippen LogP contribution in [0.25, 0.3) is 21.6 Å². The third kappa shape index (κ3) is 2.99. The predicted octanol–water partition coefficient (Wildman–Crippen LogP) is 2.14. The summed E-state index contributed by atoms with van der Waals surface area (Å²) in [6.45, 7) is -0.121. The molecule has 2 aromatic heterocycles. The van der Waals surface area contributed by atoms with Gasteiger partial charge in [0.15, 0.2) is 17.0 Å². The van der Waals surface area contributed by atoms with Gasteiger partial charge in [-0.05, 0) is 24.8 Å². The summed E-state index contributed by atoms with van der Waals surface area (Å²) in [5.74, 6) is 0.715. The third-order valence-electron chi connectivity index (χ3n) is 4.90. The highest BCUT2D eigenvalue weighted by atomic mass is 16.5. The molecule has 0 radical (unpaired) electrons. The third-order valence-corrected chi connectivity index (χ3v) is 4.90. The van der Waals surface area contributed by atoms with Crippen molar-refractivity contribution in [2.45, 2.75) is 56.5 Å². The number of aliphatic hydroxyl groups excluding tert-OH is 1. The molecule has 1 aliphatic carbocycles. The van der Waals surface area contributed by atoms with Crippen molar-refractivity contribution in [1.29, 1.82) is 0 Å². The first-order chi connectivity index (χ1) is 12.3. The molecular weight excluding hydrogens is 324 g/mol. The highest BCUT2D eigenvalue weighted by Crippen LogP contribution is 2.34. The molecule has 2 aliphatic rings. The van der Waals surface area contributed by atoms with Crippen molar-refractivity contribution < 1.29 is 9.84 Å². The van der Waals surface area contributed by atoms with Crippen molar-refractivity contribution >= 4 is 17.0 Å². The number of hydrogen-bond acceptors (Lipinski definition) is 7. The number of azide groups is 1. The fraction of sp³-hybridized carbons (Fsp3) is 0.667. The summed E-state index contributed by atoms with van der Waals surface area (Å²) in [7, 11) is 0. The van der Waals surface area contributed by atoms with Crippen LogP contribution in [0.15, 0.2) is 17.8 Å². The van der Waals surface area contributed by atoms with Gasteiger partial charge in [0.05, 0.1) is 25.1 Å². The van der Waals surface area contributed by atoms with E-state index in [1.54, 1.807) is 10.9 Å². The standard InChI is InChI=1S/C15H20N8O2/c16-22-21-11-5-10(6-24)25-15(11)23-8-19-12-13(17-7-18-14(12)23)20-9-3-1-2-4-9/h7-11,15,24H,1-6H2,(H,17,18,20)/t10-,11-,15+/m0/s1. The quantitative estimate of drug-likeness (QED) is 0.485. The molecule has 2 fully saturated rings. The summed E-state index contributed by atoms with van der Waals surface area (Å²) in [4.78, 5) is 16.0. The van der Waals surface area contributed by atoms with Gasteiger partial charge < -0.3 is 15.2 Å². The number of fused-ring (bicyclic) bond motifs is 1. The molecule has 25 heavy (non-hydrogen) atoms. The molecule has 4 rings (SSSR count). The van der Waals surface area contributed by atoms with Gasteiger partial charge in [0.25, 0.3) is 0 Å². The molecule has 0 bridgehead atoms. The normalized spacial score (nSPS) is 26.8. The lowest BCUT2D eigenvalue weighted by molar-refractivity contribution is -0.0238. The van der Waals surface area contributed by atoms with Gasteiger partial charge in [0, 0.05) is 11.0 Å². The van der Waals surface area contributed by atoms with E-state index in [2.05, 4.69) is 30.3 Å². The molecule has 0 amide bonds. The molecule has 10 nitrogen and oxygen atoms in total. The van der Waals surface area contributed by atoms with E-state index in [4.69, 9.17) is 10.3 Å². The summed E-state index contributed by atoms with van der Waals surface area (Å²) in [6, 6.07) is 0.00134. The first kappa shape index (κ1) is 16.1. The number of rotatable bonds is 5. The van der Waals surface area contributed by atoms with Crippen molar-refractivity contribution in [3.8, 4) is 0 Å². The Morgan fingerprint density at radius 3 is 2.96 bits per heavy atom. The smallest absolute Gasteiger partial charge is 0.167 e. The molecule has 1 saturated carbocycles. The number of aromatic nitrogens is 4. The second-order valence-electron chi connectivity index (χ2n) is 6.51. The van der Waals surface area contributed by atoms with E-state index in [0.29, 0.717) is 29.4 Å². The summed E-state index contributed by atoms with van der Waals surface area (Å²) in [6.07, 6.45) is 7.41. The van der Waals surface area contributed by atoms with Crippen LogP contribution in [0.4, 0.5) is 5.82 Å². The molecule has 2 N–H and O–H groups in total. The Morgan fingerprint density at radius 2 is 2.20 bits per heavy atom. The minimum atomic E-state index is -0.535. The Morgan fingerprint density at radius 1 is 1.36 bits per heavy atom. The maximum atomic E-state index is 9.36. The van der Waals surface area contributed by atoms with E-state index in [9.17, 15) is 5.11 Å². The van der Waals surface area contributed by atoms with Gasteiger partial charge in [-0.3, -0.25) is 4.57 Å². The van der Waals surface area contributed by atoms with Crippen LogP contribution in [0.2, 0.25) is 0 Å². The average Bonchev–Trinajstić information content (AvgIpc) is 3.34. The minimum absolute atomic E-state index is 0.121. The predicted molar refractivity (Wildman–Crippen MR) is 89.7 cm³/mol. The molecule has 0 aromatic carbocycles. The fourth-order valence-electron chi connectivity index (χ4n) is 3.68. The zero-order chi connectivity index (χ0) is 17.2. The van der Waals surface area contributed by atoms with Gasteiger partial charge in [-0.25, -0.2) is 15.0 Å². The van der Waals surface area contributed by atoms with Gasteiger partial charge in [0.2, 0.25) is 0 Å². The monoisotopic (exact) mass is 344 g/mol. The summed E-state index contributed by atoms with van der Waals surface area (Å²) < 4.78 is 7.58. The fourth-order valence-corrected chi connectivity index (χ4v) is 3.68. The van der Waals surface area contributed by atoms with Crippen LogP contribution in [0.3, 0.4) is 0 Å². The molecule has 1 aliphatic heterocycles. The van der Waals surface area contributed by atoms with E-state index in [0.717, 1.165) is 12.8 Å². The highest BCUT2D eigenvalue weighted by Gasteiger charge is 2.36. The number of hydrogen-bond donors (Lipinski definition) is 2. The molecule has 0 spiro atoms. The van der Waals surface area contributed by atoms with E-state index in [-0.39, 0.29) is 12.7 Å². The van der Waals surface area contributed by atoms with Crippen LogP contribution in [0.1, 0.15) is 38.3 Å². The van der Waals surface area contributed by atoms with Gasteiger partial charge in [0.1, 0.15) is 12.6 Å². The number of nitrogens with zero attached hydrogens (tertiary/aromatic N) is 7. The Kier molecular flexibility index (Phi) is 4.39. The van der Waals surface area contributed by atoms with Crippen molar-refractivity contribution in [2.75, 3.05) is 11.9 Å². The van der Waals surface area contributed by atoms with E-state index >= 15 is 0 Å². The van der Waals surface area contributed by atoms with Crippen molar-refractivity contribution in [3.05, 3.63) is 23.1 Å². The highest BCUT2D eigenvalue weighted by molar-refractivity contribution is 5.82. The summed E-state index contributed by atoms with van der Waals surface area (Å²) in [5.41, 5.74) is 10.1. The Labute approximate surface area is 143 Å². The summed E-state index contributed by atoms with van der Waals surface area (Å²) in [5, 5.41) is 16.6. The first-order valence-corrected chi connectivity index (χ1v) is 8.54. The molecule has 3 atom stereocenters. The molecule has 10 heteroatoms. The van der Waals surface area contributed by atoms with E-state index in [1.807, 2.05) is 0 Å². The lowest BCUT2D eigenvalue weighted by Gasteiger charge is -2.17. The van der Waals surface area contributed by atoms with Crippen LogP contribution in [-0.2, 0) is 4.74 Å². The topological polar surface area (TPSA) is 134 Å². The average molecular weight is 344 g/mol. The Bertz CT molecular complexity index is 796. The zero-order valence-electron chi connectivity index (χ0n) is 13.7. The Hall–Kier alpha value is -2.42. The number of ether oxygens (including phenoxy) is 1. The maximum absolute atomic E-state index is 9.36. The second-order valence-corrected chi connectivity index (χ2v) is 6.51. The van der Waals surface area contributed by atoms with Crippen molar-refractivity contribution in [1.82, 2.24) is 19.5 Å². The summed E-state index contributed by atoms with van der Waals surface area (Å²) >= 11 is 0. The van der Waals surface area contributed by atoms with Gasteiger partial charge >= 0.3 is 0 Å². The zero-order valence-corrected chi connectivity index (χ0v) is 13.7. The first-order valence-electron chi connectivity index (χ1n) is 8.54. The van der Waals surface area contributed by atoms with E-state index in [1.165, 1.54) is 19.2 Å².